The molecular weight excluding hydrogens is 818 g/mol. The predicted molar refractivity (Wildman–Crippen MR) is 259 cm³/mol. The summed E-state index contributed by atoms with van der Waals surface area (Å²) >= 11 is 0. The zero-order valence-electron chi connectivity index (χ0n) is 40.1. The number of aliphatic hydroxyl groups is 1. The van der Waals surface area contributed by atoms with Gasteiger partial charge in [-0.25, -0.2) is 9.36 Å². The molecule has 0 saturated heterocycles. The van der Waals surface area contributed by atoms with Gasteiger partial charge in [-0.3, -0.25) is 18.6 Å². The minimum absolute atomic E-state index is 0.131. The van der Waals surface area contributed by atoms with E-state index in [-0.39, 0.29) is 12.8 Å². The molecule has 0 bridgehead atoms. The number of aliphatic carboxylic acids is 1. The fourth-order valence-corrected chi connectivity index (χ4v) is 7.98. The summed E-state index contributed by atoms with van der Waals surface area (Å²) in [7, 11) is -4.76. The Kier molecular flexibility index (Phi) is 44.5. The van der Waals surface area contributed by atoms with E-state index in [0.29, 0.717) is 12.8 Å². The van der Waals surface area contributed by atoms with Gasteiger partial charge in [-0.1, -0.05) is 211 Å². The summed E-state index contributed by atoms with van der Waals surface area (Å²) in [5.74, 6) is -2.38. The predicted octanol–water partition coefficient (Wildman–Crippen LogP) is 14.0. The number of esters is 1. The van der Waals surface area contributed by atoms with E-state index in [1.54, 1.807) is 0 Å². The number of carboxylic acid groups (broad SMARTS) is 1. The summed E-state index contributed by atoms with van der Waals surface area (Å²) < 4.78 is 26.9. The number of amides is 1. The third-order valence-corrected chi connectivity index (χ3v) is 12.1. The fourth-order valence-electron chi connectivity index (χ4n) is 7.21. The van der Waals surface area contributed by atoms with Crippen LogP contribution in [0, 0.1) is 0 Å². The highest BCUT2D eigenvalue weighted by Gasteiger charge is 2.28. The average Bonchev–Trinajstić information content (AvgIpc) is 3.26. The van der Waals surface area contributed by atoms with Crippen molar-refractivity contribution in [1.82, 2.24) is 5.32 Å². The number of carboxylic acids is 1. The van der Waals surface area contributed by atoms with Crippen LogP contribution in [-0.4, -0.2) is 64.9 Å². The molecule has 11 nitrogen and oxygen atoms in total. The van der Waals surface area contributed by atoms with Gasteiger partial charge in [0.15, 0.2) is 6.04 Å². The van der Waals surface area contributed by atoms with E-state index in [4.69, 9.17) is 13.8 Å². The minimum atomic E-state index is -4.76. The first kappa shape index (κ1) is 60.7. The molecule has 0 aliphatic heterocycles. The molecule has 0 aromatic rings. The highest BCUT2D eigenvalue weighted by molar-refractivity contribution is 7.47. The van der Waals surface area contributed by atoms with E-state index in [0.717, 1.165) is 70.6 Å². The standard InChI is InChI=1S/C51H94NO10P/c1-3-5-7-9-11-13-15-17-19-21-23-25-27-29-31-33-35-37-39-41-43-50(55)60-44-47(53)45-61-63(58,59)62-46-48(51(56)57)52-49(54)42-40-38-36-34-32-30-28-26-24-22-20-18-16-14-12-10-8-6-4-2/h12,14,18,20,24,26,47-48,53H,3-11,13,15-17,19,21-23,25,27-46H2,1-2H3,(H,52,54)(H,56,57)(H,58,59)/b14-12-,20-18-,26-24-. The van der Waals surface area contributed by atoms with Crippen molar-refractivity contribution in [3.05, 3.63) is 36.5 Å². The molecule has 3 unspecified atom stereocenters. The van der Waals surface area contributed by atoms with Crippen LogP contribution in [0.25, 0.3) is 0 Å². The fraction of sp³-hybridized carbons (Fsp3) is 0.824. The number of unbranched alkanes of at least 4 members (excludes halogenated alkanes) is 28. The second kappa shape index (κ2) is 46.2. The van der Waals surface area contributed by atoms with Gasteiger partial charge in [0.1, 0.15) is 12.7 Å². The maximum absolute atomic E-state index is 12.4. The SMILES string of the molecule is CCCCC/C=C\C/C=C\C/C=C\CCCCCCCCC(=O)NC(COP(=O)(O)OCC(O)COC(=O)CCCCCCCCCCCCCCCCCCCCCC)C(=O)O. The molecule has 0 aliphatic rings. The number of carbonyl (C=O) groups excluding carboxylic acids is 2. The van der Waals surface area contributed by atoms with E-state index in [9.17, 15) is 34.1 Å². The van der Waals surface area contributed by atoms with Crippen molar-refractivity contribution >= 4 is 25.7 Å². The molecule has 63 heavy (non-hydrogen) atoms. The van der Waals surface area contributed by atoms with E-state index < -0.39 is 57.6 Å². The van der Waals surface area contributed by atoms with Gasteiger partial charge in [-0.15, -0.1) is 0 Å². The van der Waals surface area contributed by atoms with Crippen LogP contribution in [0.2, 0.25) is 0 Å². The second-order valence-corrected chi connectivity index (χ2v) is 18.8. The number of hydrogen-bond donors (Lipinski definition) is 4. The lowest BCUT2D eigenvalue weighted by Crippen LogP contribution is -2.43. The van der Waals surface area contributed by atoms with Crippen molar-refractivity contribution in [3.63, 3.8) is 0 Å². The summed E-state index contributed by atoms with van der Waals surface area (Å²) in [5.41, 5.74) is 0. The van der Waals surface area contributed by atoms with Crippen molar-refractivity contribution in [2.24, 2.45) is 0 Å². The zero-order valence-corrected chi connectivity index (χ0v) is 41.0. The Balaban J connectivity index is 3.83. The molecule has 0 radical (unpaired) electrons. The van der Waals surface area contributed by atoms with Gasteiger partial charge in [0.25, 0.3) is 0 Å². The number of nitrogens with one attached hydrogen (secondary N) is 1. The van der Waals surface area contributed by atoms with Crippen LogP contribution < -0.4 is 5.32 Å². The molecule has 0 aliphatic carbocycles. The number of rotatable bonds is 48. The highest BCUT2D eigenvalue weighted by atomic mass is 31.2. The third kappa shape index (κ3) is 46.0. The number of hydrogen-bond acceptors (Lipinski definition) is 8. The Morgan fingerprint density at radius 2 is 0.873 bits per heavy atom. The number of allylic oxidation sites excluding steroid dienone is 6. The van der Waals surface area contributed by atoms with Crippen molar-refractivity contribution in [2.75, 3.05) is 19.8 Å². The summed E-state index contributed by atoms with van der Waals surface area (Å²) in [6, 6.07) is -1.55. The number of phosphoric acid groups is 1. The van der Waals surface area contributed by atoms with Gasteiger partial charge in [-0.05, 0) is 51.4 Å². The third-order valence-electron chi connectivity index (χ3n) is 11.2. The van der Waals surface area contributed by atoms with Gasteiger partial charge >= 0.3 is 19.8 Å². The molecule has 368 valence electrons. The molecule has 12 heteroatoms. The molecule has 0 fully saturated rings. The van der Waals surface area contributed by atoms with Crippen LogP contribution in [0.1, 0.15) is 239 Å². The number of phosphoric ester groups is 1. The monoisotopic (exact) mass is 912 g/mol. The van der Waals surface area contributed by atoms with E-state index in [1.807, 2.05) is 0 Å². The molecule has 0 spiro atoms. The Morgan fingerprint density at radius 1 is 0.508 bits per heavy atom. The Hall–Kier alpha value is -2.30. The first-order chi connectivity index (χ1) is 30.6. The lowest BCUT2D eigenvalue weighted by molar-refractivity contribution is -0.147. The number of aliphatic hydroxyl groups excluding tert-OH is 1. The van der Waals surface area contributed by atoms with Crippen LogP contribution in [0.4, 0.5) is 0 Å². The minimum Gasteiger partial charge on any atom is -0.480 e. The average molecular weight is 912 g/mol. The topological polar surface area (TPSA) is 169 Å². The van der Waals surface area contributed by atoms with Crippen molar-refractivity contribution < 1.29 is 47.8 Å². The molecular formula is C51H94NO10P. The maximum atomic E-state index is 12.4. The van der Waals surface area contributed by atoms with Crippen molar-refractivity contribution in [1.29, 1.82) is 0 Å². The van der Waals surface area contributed by atoms with Gasteiger partial charge in [0.2, 0.25) is 5.91 Å². The molecule has 0 rings (SSSR count). The van der Waals surface area contributed by atoms with E-state index >= 15 is 0 Å². The highest BCUT2D eigenvalue weighted by Crippen LogP contribution is 2.43. The first-order valence-corrected chi connectivity index (χ1v) is 27.0. The van der Waals surface area contributed by atoms with E-state index in [1.165, 1.54) is 128 Å². The Morgan fingerprint density at radius 3 is 1.33 bits per heavy atom. The molecule has 1 amide bonds. The molecule has 0 saturated carbocycles. The molecule has 0 aromatic carbocycles. The van der Waals surface area contributed by atoms with Gasteiger partial charge in [0.05, 0.1) is 13.2 Å². The summed E-state index contributed by atoms with van der Waals surface area (Å²) in [4.78, 5) is 46.1. The Labute approximate surface area is 384 Å². The maximum Gasteiger partial charge on any atom is 0.472 e. The van der Waals surface area contributed by atoms with Crippen LogP contribution in [0.15, 0.2) is 36.5 Å². The van der Waals surface area contributed by atoms with Crippen LogP contribution in [0.3, 0.4) is 0 Å². The van der Waals surface area contributed by atoms with Gasteiger partial charge in [0, 0.05) is 12.8 Å². The largest absolute Gasteiger partial charge is 0.480 e. The van der Waals surface area contributed by atoms with Gasteiger partial charge in [-0.2, -0.15) is 0 Å². The zero-order chi connectivity index (χ0) is 46.3. The second-order valence-electron chi connectivity index (χ2n) is 17.4. The normalized spacial score (nSPS) is 13.8. The lowest BCUT2D eigenvalue weighted by Gasteiger charge is -2.18. The molecule has 0 aromatic heterocycles. The first-order valence-electron chi connectivity index (χ1n) is 25.5. The lowest BCUT2D eigenvalue weighted by atomic mass is 10.0. The van der Waals surface area contributed by atoms with Gasteiger partial charge < -0.3 is 25.2 Å². The summed E-state index contributed by atoms with van der Waals surface area (Å²) in [6.45, 7) is 2.60. The van der Waals surface area contributed by atoms with Crippen LogP contribution in [0.5, 0.6) is 0 Å². The smallest absolute Gasteiger partial charge is 0.472 e. The van der Waals surface area contributed by atoms with E-state index in [2.05, 4.69) is 55.6 Å². The van der Waals surface area contributed by atoms with Crippen molar-refractivity contribution in [3.8, 4) is 0 Å². The Bertz CT molecular complexity index is 1210. The quantitative estimate of drug-likeness (QED) is 0.0199. The number of ether oxygens (including phenoxy) is 1. The number of carbonyl (C=O) groups is 3. The van der Waals surface area contributed by atoms with Crippen LogP contribution >= 0.6 is 7.82 Å². The molecule has 4 N–H and O–H groups in total. The molecule has 0 heterocycles. The van der Waals surface area contributed by atoms with Crippen molar-refractivity contribution in [2.45, 2.75) is 251 Å². The summed E-state index contributed by atoms with van der Waals surface area (Å²) in [5, 5.41) is 21.9. The van der Waals surface area contributed by atoms with Crippen LogP contribution in [-0.2, 0) is 32.7 Å². The summed E-state index contributed by atoms with van der Waals surface area (Å²) in [6.07, 6.45) is 51.6. The molecule has 3 atom stereocenters.